The van der Waals surface area contributed by atoms with Crippen molar-refractivity contribution in [1.82, 2.24) is 44.6 Å². The van der Waals surface area contributed by atoms with Gasteiger partial charge < -0.3 is 19.4 Å². The predicted octanol–water partition coefficient (Wildman–Crippen LogP) is 3.05. The quantitative estimate of drug-likeness (QED) is 0.310. The minimum atomic E-state index is -0.948. The van der Waals surface area contributed by atoms with Gasteiger partial charge in [0.2, 0.25) is 0 Å². The molecule has 2 aromatic heterocycles. The summed E-state index contributed by atoms with van der Waals surface area (Å²) in [6, 6.07) is 14.0. The van der Waals surface area contributed by atoms with E-state index in [9.17, 15) is 14.4 Å². The first kappa shape index (κ1) is 32.1. The summed E-state index contributed by atoms with van der Waals surface area (Å²) in [7, 11) is 2.17. The van der Waals surface area contributed by atoms with E-state index in [-0.39, 0.29) is 24.1 Å². The normalized spacial score (nSPS) is 19.5. The summed E-state index contributed by atoms with van der Waals surface area (Å²) < 4.78 is 7.58. The van der Waals surface area contributed by atoms with Gasteiger partial charge in [-0.1, -0.05) is 36.4 Å². The molecule has 0 unspecified atom stereocenters. The van der Waals surface area contributed by atoms with E-state index in [0.29, 0.717) is 50.9 Å². The maximum Gasteiger partial charge on any atom is 0.410 e. The third-order valence-corrected chi connectivity index (χ3v) is 10.3. The van der Waals surface area contributed by atoms with Crippen molar-refractivity contribution in [2.45, 2.75) is 57.2 Å². The largest absolute Gasteiger partial charge is 0.436 e. The zero-order valence-corrected chi connectivity index (χ0v) is 27.8. The standard InChI is InChI=1S/C35H45N9O4/c1-24-20-25(21-27-23-36-38-31(24)27)22-30(33(45)42-18-16-41(17-19-42)28-8-12-40(2)13-9-28)48-35(47)43-14-10-29(11-15-43)44-34(46)37-32(39-44)26-6-4-3-5-7-26/h3-7,20-21,23,28-30H,8-19,22H2,1-2H3,(H,36,38)(H,37,39,46)/t30-/m1/s1. The van der Waals surface area contributed by atoms with Crippen LogP contribution in [0.4, 0.5) is 4.79 Å². The molecule has 13 heteroatoms. The Bertz CT molecular complexity index is 1780. The molecule has 3 fully saturated rings. The van der Waals surface area contributed by atoms with Crippen molar-refractivity contribution in [3.8, 4) is 11.4 Å². The second-order valence-corrected chi connectivity index (χ2v) is 13.5. The third-order valence-electron chi connectivity index (χ3n) is 10.3. The van der Waals surface area contributed by atoms with Crippen molar-refractivity contribution < 1.29 is 14.3 Å². The summed E-state index contributed by atoms with van der Waals surface area (Å²) in [5.41, 5.74) is 3.48. The number of amides is 2. The van der Waals surface area contributed by atoms with Gasteiger partial charge in [-0.05, 0) is 69.9 Å². The SMILES string of the molecule is Cc1cc(C[C@@H](OC(=O)N2CCC(n3nc(-c4ccccc4)[nH]c3=O)CC2)C(=O)N2CCN(C3CCN(C)CC3)CC2)cc2cn[nH]c12. The van der Waals surface area contributed by atoms with Crippen LogP contribution in [0.5, 0.6) is 0 Å². The van der Waals surface area contributed by atoms with E-state index < -0.39 is 12.2 Å². The maximum absolute atomic E-state index is 14.1. The minimum absolute atomic E-state index is 0.141. The third kappa shape index (κ3) is 6.88. The highest BCUT2D eigenvalue weighted by atomic mass is 16.6. The predicted molar refractivity (Wildman–Crippen MR) is 182 cm³/mol. The van der Waals surface area contributed by atoms with Crippen LogP contribution in [-0.4, -0.2) is 128 Å². The smallest absolute Gasteiger partial charge is 0.410 e. The Kier molecular flexibility index (Phi) is 9.31. The Morgan fingerprint density at radius 1 is 0.917 bits per heavy atom. The molecule has 0 saturated carbocycles. The van der Waals surface area contributed by atoms with Crippen molar-refractivity contribution in [2.75, 3.05) is 59.4 Å². The van der Waals surface area contributed by atoms with Crippen LogP contribution in [0.2, 0.25) is 0 Å². The second kappa shape index (κ2) is 13.9. The van der Waals surface area contributed by atoms with Gasteiger partial charge in [0.15, 0.2) is 11.9 Å². The summed E-state index contributed by atoms with van der Waals surface area (Å²) in [5.74, 6) is 0.377. The van der Waals surface area contributed by atoms with E-state index in [1.165, 1.54) is 4.68 Å². The van der Waals surface area contributed by atoms with Gasteiger partial charge in [-0.2, -0.15) is 5.10 Å². The number of piperazine rings is 1. The van der Waals surface area contributed by atoms with Gasteiger partial charge in [0, 0.05) is 62.7 Å². The van der Waals surface area contributed by atoms with Crippen LogP contribution in [0.3, 0.4) is 0 Å². The molecule has 0 aliphatic carbocycles. The highest BCUT2D eigenvalue weighted by Gasteiger charge is 2.35. The van der Waals surface area contributed by atoms with Crippen LogP contribution >= 0.6 is 0 Å². The average molecular weight is 656 g/mol. The summed E-state index contributed by atoms with van der Waals surface area (Å²) in [5, 5.41) is 12.7. The van der Waals surface area contributed by atoms with Gasteiger partial charge in [-0.25, -0.2) is 14.3 Å². The van der Waals surface area contributed by atoms with Crippen molar-refractivity contribution in [3.63, 3.8) is 0 Å². The van der Waals surface area contributed by atoms with Gasteiger partial charge in [0.25, 0.3) is 5.91 Å². The molecule has 7 rings (SSSR count). The van der Waals surface area contributed by atoms with Gasteiger partial charge in [-0.3, -0.25) is 19.8 Å². The molecule has 5 heterocycles. The Balaban J connectivity index is 1.01. The molecule has 254 valence electrons. The fourth-order valence-electron chi connectivity index (χ4n) is 7.49. The highest BCUT2D eigenvalue weighted by Crippen LogP contribution is 2.25. The van der Waals surface area contributed by atoms with Crippen LogP contribution in [0.15, 0.2) is 53.5 Å². The van der Waals surface area contributed by atoms with Gasteiger partial charge in [0.1, 0.15) is 0 Å². The van der Waals surface area contributed by atoms with Gasteiger partial charge in [-0.15, -0.1) is 5.10 Å². The molecule has 3 aliphatic heterocycles. The number of fused-ring (bicyclic) bond motifs is 1. The fraction of sp³-hybridized carbons (Fsp3) is 0.514. The Hall–Kier alpha value is -4.49. The van der Waals surface area contributed by atoms with Crippen LogP contribution in [0.25, 0.3) is 22.3 Å². The van der Waals surface area contributed by atoms with E-state index in [1.54, 1.807) is 11.1 Å². The van der Waals surface area contributed by atoms with Crippen molar-refractivity contribution in [2.24, 2.45) is 0 Å². The molecule has 3 aliphatic rings. The molecule has 0 bridgehead atoms. The van der Waals surface area contributed by atoms with Crippen molar-refractivity contribution in [1.29, 1.82) is 0 Å². The number of likely N-dealkylation sites (tertiary alicyclic amines) is 2. The van der Waals surface area contributed by atoms with Crippen LogP contribution in [0.1, 0.15) is 42.9 Å². The lowest BCUT2D eigenvalue weighted by Crippen LogP contribution is -2.56. The van der Waals surface area contributed by atoms with Crippen LogP contribution < -0.4 is 5.69 Å². The van der Waals surface area contributed by atoms with Crippen molar-refractivity contribution in [3.05, 3.63) is 70.3 Å². The summed E-state index contributed by atoms with van der Waals surface area (Å²) in [6.45, 7) is 7.91. The van der Waals surface area contributed by atoms with Crippen molar-refractivity contribution >= 4 is 22.9 Å². The van der Waals surface area contributed by atoms with E-state index in [4.69, 9.17) is 4.74 Å². The molecule has 1 atom stereocenters. The number of aromatic amines is 2. The molecule has 13 nitrogen and oxygen atoms in total. The summed E-state index contributed by atoms with van der Waals surface area (Å²) >= 11 is 0. The highest BCUT2D eigenvalue weighted by molar-refractivity contribution is 5.85. The number of rotatable bonds is 7. The molecule has 48 heavy (non-hydrogen) atoms. The molecule has 2 amide bonds. The maximum atomic E-state index is 14.1. The second-order valence-electron chi connectivity index (χ2n) is 13.5. The molecular weight excluding hydrogens is 610 g/mol. The van der Waals surface area contributed by atoms with E-state index in [1.807, 2.05) is 54.3 Å². The Labute approximate surface area is 279 Å². The fourth-order valence-corrected chi connectivity index (χ4v) is 7.49. The first-order valence-corrected chi connectivity index (χ1v) is 17.2. The first-order valence-electron chi connectivity index (χ1n) is 17.2. The Morgan fingerprint density at radius 2 is 1.62 bits per heavy atom. The summed E-state index contributed by atoms with van der Waals surface area (Å²) in [6.07, 6.45) is 4.02. The number of benzene rings is 2. The lowest BCUT2D eigenvalue weighted by atomic mass is 10.0. The number of carbonyl (C=O) groups is 2. The van der Waals surface area contributed by atoms with Gasteiger partial charge >= 0.3 is 11.8 Å². The number of piperidine rings is 2. The number of aryl methyl sites for hydroxylation is 1. The zero-order chi connectivity index (χ0) is 33.2. The lowest BCUT2D eigenvalue weighted by molar-refractivity contribution is -0.143. The number of hydrogen-bond donors (Lipinski definition) is 2. The topological polar surface area (TPSA) is 136 Å². The number of hydrogen-bond acceptors (Lipinski definition) is 8. The van der Waals surface area contributed by atoms with Gasteiger partial charge in [0.05, 0.1) is 17.8 Å². The molecule has 0 spiro atoms. The average Bonchev–Trinajstić information content (AvgIpc) is 3.76. The molecule has 2 N–H and O–H groups in total. The molecular formula is C35H45N9O4. The minimum Gasteiger partial charge on any atom is -0.436 e. The number of nitrogens with one attached hydrogen (secondary N) is 2. The molecule has 0 radical (unpaired) electrons. The molecule has 2 aromatic carbocycles. The van der Waals surface area contributed by atoms with E-state index in [0.717, 1.165) is 66.6 Å². The summed E-state index contributed by atoms with van der Waals surface area (Å²) in [4.78, 5) is 51.7. The Morgan fingerprint density at radius 3 is 2.35 bits per heavy atom. The van der Waals surface area contributed by atoms with E-state index in [2.05, 4.69) is 37.1 Å². The number of ether oxygens (including phenoxy) is 1. The number of nitrogens with zero attached hydrogens (tertiary/aromatic N) is 7. The van der Waals surface area contributed by atoms with Crippen LogP contribution in [-0.2, 0) is 16.0 Å². The zero-order valence-electron chi connectivity index (χ0n) is 27.8. The number of H-pyrrole nitrogens is 2. The lowest BCUT2D eigenvalue weighted by Gasteiger charge is -2.42. The first-order chi connectivity index (χ1) is 23.3. The molecule has 4 aromatic rings. The monoisotopic (exact) mass is 655 g/mol. The number of aromatic nitrogens is 5. The van der Waals surface area contributed by atoms with E-state index >= 15 is 0 Å². The molecule has 3 saturated heterocycles. The van der Waals surface area contributed by atoms with Crippen LogP contribution in [0, 0.1) is 6.92 Å². The number of carbonyl (C=O) groups excluding carboxylic acids is 2.